The molecular weight excluding hydrogens is 293 g/mol. The summed E-state index contributed by atoms with van der Waals surface area (Å²) >= 11 is 4.93. The van der Waals surface area contributed by atoms with Gasteiger partial charge >= 0.3 is 0 Å². The van der Waals surface area contributed by atoms with Gasteiger partial charge in [0, 0.05) is 28.3 Å². The fourth-order valence-electron chi connectivity index (χ4n) is 1.65. The highest BCUT2D eigenvalue weighted by Crippen LogP contribution is 2.29. The third kappa shape index (κ3) is 4.49. The molecule has 0 aliphatic carbocycles. The van der Waals surface area contributed by atoms with Gasteiger partial charge in [-0.2, -0.15) is 0 Å². The van der Waals surface area contributed by atoms with Crippen LogP contribution in [-0.2, 0) is 11.2 Å². The summed E-state index contributed by atoms with van der Waals surface area (Å²) in [4.78, 5) is 1.03. The number of halogens is 2. The standard InChI is InChI=1S/C11H17BrFNOS/c1-15-8-11(13,3-2-4-14)6-10-5-9(12)7-16-10/h5,7H,2-4,6,8,14H2,1H3. The molecule has 1 aromatic rings. The minimum absolute atomic E-state index is 0.127. The van der Waals surface area contributed by atoms with Crippen LogP contribution in [0.25, 0.3) is 0 Å². The van der Waals surface area contributed by atoms with Crippen molar-refractivity contribution in [3.63, 3.8) is 0 Å². The molecule has 1 aromatic heterocycles. The first-order valence-electron chi connectivity index (χ1n) is 5.20. The maximum Gasteiger partial charge on any atom is 0.139 e. The van der Waals surface area contributed by atoms with Crippen molar-refractivity contribution in [1.29, 1.82) is 0 Å². The van der Waals surface area contributed by atoms with Crippen LogP contribution >= 0.6 is 27.3 Å². The quantitative estimate of drug-likeness (QED) is 0.840. The van der Waals surface area contributed by atoms with Crippen LogP contribution in [0.4, 0.5) is 4.39 Å². The largest absolute Gasteiger partial charge is 0.381 e. The second kappa shape index (κ2) is 6.69. The van der Waals surface area contributed by atoms with Crippen molar-refractivity contribution < 1.29 is 9.13 Å². The molecule has 5 heteroatoms. The summed E-state index contributed by atoms with van der Waals surface area (Å²) in [5.41, 5.74) is 4.12. The van der Waals surface area contributed by atoms with Crippen molar-refractivity contribution in [1.82, 2.24) is 0 Å². The lowest BCUT2D eigenvalue weighted by Crippen LogP contribution is -2.32. The molecule has 1 heterocycles. The molecule has 1 unspecified atom stereocenters. The maximum absolute atomic E-state index is 14.5. The average Bonchev–Trinajstić information content (AvgIpc) is 2.61. The Labute approximate surface area is 108 Å². The Morgan fingerprint density at radius 3 is 2.88 bits per heavy atom. The minimum Gasteiger partial charge on any atom is -0.381 e. The summed E-state index contributed by atoms with van der Waals surface area (Å²) in [6.07, 6.45) is 1.54. The van der Waals surface area contributed by atoms with Crippen LogP contribution in [0.1, 0.15) is 17.7 Å². The van der Waals surface area contributed by atoms with E-state index in [0.717, 1.165) is 9.35 Å². The number of ether oxygens (including phenoxy) is 1. The van der Waals surface area contributed by atoms with E-state index in [1.165, 1.54) is 7.11 Å². The molecule has 92 valence electrons. The molecule has 0 saturated heterocycles. The molecule has 2 nitrogen and oxygen atoms in total. The zero-order valence-electron chi connectivity index (χ0n) is 9.34. The van der Waals surface area contributed by atoms with Gasteiger partial charge in [0.05, 0.1) is 6.61 Å². The van der Waals surface area contributed by atoms with Crippen LogP contribution in [0.5, 0.6) is 0 Å². The fourth-order valence-corrected chi connectivity index (χ4v) is 3.23. The van der Waals surface area contributed by atoms with E-state index in [1.807, 2.05) is 11.4 Å². The molecular formula is C11H17BrFNOS. The number of nitrogens with two attached hydrogens (primary N) is 1. The van der Waals surface area contributed by atoms with E-state index in [2.05, 4.69) is 15.9 Å². The molecule has 0 aliphatic rings. The highest BCUT2D eigenvalue weighted by molar-refractivity contribution is 9.10. The van der Waals surface area contributed by atoms with E-state index in [9.17, 15) is 4.39 Å². The van der Waals surface area contributed by atoms with Gasteiger partial charge in [0.25, 0.3) is 0 Å². The Kier molecular flexibility index (Phi) is 5.89. The maximum atomic E-state index is 14.5. The number of thiophene rings is 1. The summed E-state index contributed by atoms with van der Waals surface area (Å²) in [7, 11) is 1.53. The predicted molar refractivity (Wildman–Crippen MR) is 69.7 cm³/mol. The topological polar surface area (TPSA) is 35.2 Å². The smallest absolute Gasteiger partial charge is 0.139 e. The first-order chi connectivity index (χ1) is 7.59. The van der Waals surface area contributed by atoms with Crippen LogP contribution < -0.4 is 5.73 Å². The van der Waals surface area contributed by atoms with Gasteiger partial charge in [-0.3, -0.25) is 0 Å². The van der Waals surface area contributed by atoms with Gasteiger partial charge in [-0.05, 0) is 41.4 Å². The van der Waals surface area contributed by atoms with Gasteiger partial charge in [-0.15, -0.1) is 11.3 Å². The molecule has 0 aliphatic heterocycles. The SMILES string of the molecule is COCC(F)(CCCN)Cc1cc(Br)cs1. The third-order valence-corrected chi connectivity index (χ3v) is 4.04. The minimum atomic E-state index is -1.29. The number of alkyl halides is 1. The first-order valence-corrected chi connectivity index (χ1v) is 6.88. The van der Waals surface area contributed by atoms with Gasteiger partial charge in [0.1, 0.15) is 5.67 Å². The molecule has 1 rings (SSSR count). The van der Waals surface area contributed by atoms with Gasteiger partial charge in [-0.25, -0.2) is 4.39 Å². The van der Waals surface area contributed by atoms with Crippen molar-refractivity contribution in [2.45, 2.75) is 24.9 Å². The molecule has 0 saturated carbocycles. The normalized spacial score (nSPS) is 15.0. The summed E-state index contributed by atoms with van der Waals surface area (Å²) in [5.74, 6) is 0. The van der Waals surface area contributed by atoms with Crippen LogP contribution in [0, 0.1) is 0 Å². The molecule has 2 N–H and O–H groups in total. The van der Waals surface area contributed by atoms with Gasteiger partial charge in [-0.1, -0.05) is 0 Å². The third-order valence-electron chi connectivity index (χ3n) is 2.34. The second-order valence-electron chi connectivity index (χ2n) is 3.88. The van der Waals surface area contributed by atoms with E-state index in [-0.39, 0.29) is 6.61 Å². The Hall–Kier alpha value is 0.0300. The summed E-state index contributed by atoms with van der Waals surface area (Å²) in [6, 6.07) is 1.96. The number of hydrogen-bond acceptors (Lipinski definition) is 3. The van der Waals surface area contributed by atoms with E-state index < -0.39 is 5.67 Å². The lowest BCUT2D eigenvalue weighted by molar-refractivity contribution is 0.0340. The zero-order chi connectivity index (χ0) is 12.0. The second-order valence-corrected chi connectivity index (χ2v) is 5.80. The summed E-state index contributed by atoms with van der Waals surface area (Å²) < 4.78 is 20.5. The lowest BCUT2D eigenvalue weighted by Gasteiger charge is -2.23. The molecule has 16 heavy (non-hydrogen) atoms. The fraction of sp³-hybridized carbons (Fsp3) is 0.636. The summed E-state index contributed by atoms with van der Waals surface area (Å²) in [6.45, 7) is 0.645. The van der Waals surface area contributed by atoms with E-state index in [4.69, 9.17) is 10.5 Å². The van der Waals surface area contributed by atoms with Crippen molar-refractivity contribution >= 4 is 27.3 Å². The van der Waals surface area contributed by atoms with E-state index in [1.54, 1.807) is 11.3 Å². The van der Waals surface area contributed by atoms with Crippen LogP contribution in [-0.4, -0.2) is 25.9 Å². The van der Waals surface area contributed by atoms with E-state index in [0.29, 0.717) is 25.8 Å². The Morgan fingerprint density at radius 2 is 2.38 bits per heavy atom. The predicted octanol–water partition coefficient (Wildman–Crippen LogP) is 3.15. The van der Waals surface area contributed by atoms with Gasteiger partial charge < -0.3 is 10.5 Å². The average molecular weight is 310 g/mol. The monoisotopic (exact) mass is 309 g/mol. The molecule has 0 bridgehead atoms. The Morgan fingerprint density at radius 1 is 1.62 bits per heavy atom. The van der Waals surface area contributed by atoms with E-state index >= 15 is 0 Å². The molecule has 0 spiro atoms. The highest BCUT2D eigenvalue weighted by Gasteiger charge is 2.30. The van der Waals surface area contributed by atoms with Crippen molar-refractivity contribution in [3.8, 4) is 0 Å². The lowest BCUT2D eigenvalue weighted by atomic mass is 9.96. The first kappa shape index (κ1) is 14.1. The number of methoxy groups -OCH3 is 1. The molecule has 1 atom stereocenters. The van der Waals surface area contributed by atoms with Crippen LogP contribution in [0.3, 0.4) is 0 Å². The van der Waals surface area contributed by atoms with Crippen molar-refractivity contribution in [2.24, 2.45) is 5.73 Å². The molecule has 0 aromatic carbocycles. The number of hydrogen-bond donors (Lipinski definition) is 1. The summed E-state index contributed by atoms with van der Waals surface area (Å²) in [5, 5.41) is 1.96. The van der Waals surface area contributed by atoms with Gasteiger partial charge in [0.2, 0.25) is 0 Å². The van der Waals surface area contributed by atoms with Crippen LogP contribution in [0.15, 0.2) is 15.9 Å². The highest BCUT2D eigenvalue weighted by atomic mass is 79.9. The van der Waals surface area contributed by atoms with Crippen molar-refractivity contribution in [2.75, 3.05) is 20.3 Å². The number of rotatable bonds is 7. The Balaban J connectivity index is 2.62. The molecule has 0 radical (unpaired) electrons. The molecule has 0 fully saturated rings. The van der Waals surface area contributed by atoms with Crippen LogP contribution in [0.2, 0.25) is 0 Å². The Bertz CT molecular complexity index is 321. The van der Waals surface area contributed by atoms with Gasteiger partial charge in [0.15, 0.2) is 0 Å². The van der Waals surface area contributed by atoms with Crippen molar-refractivity contribution in [3.05, 3.63) is 20.8 Å². The molecule has 0 amide bonds. The zero-order valence-corrected chi connectivity index (χ0v) is 11.7.